The summed E-state index contributed by atoms with van der Waals surface area (Å²) in [6.45, 7) is 3.49. The molecule has 0 fully saturated rings. The van der Waals surface area contributed by atoms with Crippen LogP contribution in [0, 0.1) is 5.92 Å². The molecule has 0 aliphatic heterocycles. The topological polar surface area (TPSA) is 113 Å². The van der Waals surface area contributed by atoms with Crippen molar-refractivity contribution in [2.45, 2.75) is 19.9 Å². The molecule has 5 N–H and O–H groups in total. The van der Waals surface area contributed by atoms with Crippen molar-refractivity contribution in [1.29, 1.82) is 0 Å². The summed E-state index contributed by atoms with van der Waals surface area (Å²) in [5, 5.41) is 21.0. The van der Waals surface area contributed by atoms with Crippen LogP contribution in [-0.2, 0) is 4.79 Å². The molecule has 1 aromatic rings. The van der Waals surface area contributed by atoms with Crippen LogP contribution in [-0.4, -0.2) is 28.1 Å². The van der Waals surface area contributed by atoms with Gasteiger partial charge in [-0.15, -0.1) is 0 Å². The van der Waals surface area contributed by atoms with E-state index in [4.69, 9.17) is 5.73 Å². The normalized spacial score (nSPS) is 12.2. The van der Waals surface area contributed by atoms with E-state index in [-0.39, 0.29) is 23.0 Å². The largest absolute Gasteiger partial charge is 0.508 e. The van der Waals surface area contributed by atoms with Gasteiger partial charge in [-0.05, 0) is 18.1 Å². The summed E-state index contributed by atoms with van der Waals surface area (Å²) in [5.41, 5.74) is 5.23. The van der Waals surface area contributed by atoms with Crippen molar-refractivity contribution >= 4 is 11.8 Å². The summed E-state index contributed by atoms with van der Waals surface area (Å²) in [4.78, 5) is 23.0. The van der Waals surface area contributed by atoms with Crippen molar-refractivity contribution in [3.05, 3.63) is 23.8 Å². The zero-order valence-corrected chi connectivity index (χ0v) is 10.2. The Morgan fingerprint density at radius 2 is 1.67 bits per heavy atom. The van der Waals surface area contributed by atoms with E-state index in [0.717, 1.165) is 6.07 Å². The maximum absolute atomic E-state index is 11.8. The lowest BCUT2D eigenvalue weighted by Crippen LogP contribution is -2.47. The van der Waals surface area contributed by atoms with Crippen LogP contribution in [0.4, 0.5) is 0 Å². The van der Waals surface area contributed by atoms with E-state index in [0.29, 0.717) is 0 Å². The van der Waals surface area contributed by atoms with Crippen LogP contribution in [0.3, 0.4) is 0 Å². The Morgan fingerprint density at radius 3 is 2.06 bits per heavy atom. The molecule has 0 radical (unpaired) electrons. The zero-order valence-electron chi connectivity index (χ0n) is 10.2. The average Bonchev–Trinajstić information content (AvgIpc) is 2.23. The van der Waals surface area contributed by atoms with Gasteiger partial charge < -0.3 is 21.3 Å². The van der Waals surface area contributed by atoms with Gasteiger partial charge in [0.05, 0.1) is 0 Å². The van der Waals surface area contributed by atoms with Crippen molar-refractivity contribution < 1.29 is 19.8 Å². The third-order valence-electron chi connectivity index (χ3n) is 2.42. The first-order valence-corrected chi connectivity index (χ1v) is 5.44. The van der Waals surface area contributed by atoms with Crippen molar-refractivity contribution in [2.24, 2.45) is 11.7 Å². The van der Waals surface area contributed by atoms with E-state index in [2.05, 4.69) is 5.32 Å². The molecule has 98 valence electrons. The van der Waals surface area contributed by atoms with E-state index < -0.39 is 17.9 Å². The first kappa shape index (κ1) is 13.8. The monoisotopic (exact) mass is 252 g/mol. The fourth-order valence-electron chi connectivity index (χ4n) is 1.52. The molecule has 0 saturated carbocycles. The van der Waals surface area contributed by atoms with E-state index in [1.807, 2.05) is 0 Å². The minimum absolute atomic E-state index is 0.0550. The van der Waals surface area contributed by atoms with Crippen molar-refractivity contribution in [1.82, 2.24) is 5.32 Å². The Kier molecular flexibility index (Phi) is 4.14. The number of hydrogen-bond donors (Lipinski definition) is 4. The number of phenols is 2. The molecule has 18 heavy (non-hydrogen) atoms. The minimum Gasteiger partial charge on any atom is -0.508 e. The smallest absolute Gasteiger partial charge is 0.252 e. The Morgan fingerprint density at radius 1 is 1.17 bits per heavy atom. The fraction of sp³-hybridized carbons (Fsp3) is 0.333. The van der Waals surface area contributed by atoms with Crippen LogP contribution in [0.2, 0.25) is 0 Å². The number of benzene rings is 1. The summed E-state index contributed by atoms with van der Waals surface area (Å²) < 4.78 is 0. The van der Waals surface area contributed by atoms with Gasteiger partial charge in [0.25, 0.3) is 5.91 Å². The second-order valence-electron chi connectivity index (χ2n) is 4.34. The maximum Gasteiger partial charge on any atom is 0.252 e. The fourth-order valence-corrected chi connectivity index (χ4v) is 1.52. The molecule has 0 aliphatic rings. The van der Waals surface area contributed by atoms with Gasteiger partial charge in [0, 0.05) is 11.6 Å². The molecule has 1 aromatic carbocycles. The number of aromatic hydroxyl groups is 2. The average molecular weight is 252 g/mol. The molecule has 6 nitrogen and oxygen atoms in total. The van der Waals surface area contributed by atoms with Crippen molar-refractivity contribution in [2.75, 3.05) is 0 Å². The highest BCUT2D eigenvalue weighted by atomic mass is 16.3. The molecule has 1 unspecified atom stereocenters. The third-order valence-corrected chi connectivity index (χ3v) is 2.42. The summed E-state index contributed by atoms with van der Waals surface area (Å²) >= 11 is 0. The van der Waals surface area contributed by atoms with Crippen LogP contribution in [0.5, 0.6) is 11.5 Å². The Balaban J connectivity index is 2.90. The number of amides is 2. The highest BCUT2D eigenvalue weighted by Gasteiger charge is 2.22. The molecule has 0 saturated heterocycles. The van der Waals surface area contributed by atoms with Crippen LogP contribution >= 0.6 is 0 Å². The SMILES string of the molecule is CC(C)C(NC(=O)c1cc(O)cc(O)c1)C(N)=O. The number of nitrogens with two attached hydrogens (primary N) is 1. The molecule has 0 spiro atoms. The van der Waals surface area contributed by atoms with Gasteiger partial charge in [0.1, 0.15) is 17.5 Å². The molecule has 6 heteroatoms. The Hall–Kier alpha value is -2.24. The first-order valence-electron chi connectivity index (χ1n) is 5.44. The van der Waals surface area contributed by atoms with Gasteiger partial charge in [-0.3, -0.25) is 9.59 Å². The quantitative estimate of drug-likeness (QED) is 0.618. The number of carbonyl (C=O) groups is 2. The van der Waals surface area contributed by atoms with Crippen LogP contribution in [0.15, 0.2) is 18.2 Å². The van der Waals surface area contributed by atoms with Gasteiger partial charge in [0.2, 0.25) is 5.91 Å². The number of primary amides is 1. The van der Waals surface area contributed by atoms with Gasteiger partial charge in [-0.2, -0.15) is 0 Å². The molecule has 0 bridgehead atoms. The summed E-state index contributed by atoms with van der Waals surface area (Å²) in [5.74, 6) is -1.85. The minimum atomic E-state index is -0.804. The number of carbonyl (C=O) groups excluding carboxylic acids is 2. The molecular weight excluding hydrogens is 236 g/mol. The molecule has 0 aliphatic carbocycles. The number of hydrogen-bond acceptors (Lipinski definition) is 4. The highest BCUT2D eigenvalue weighted by Crippen LogP contribution is 2.20. The number of nitrogens with one attached hydrogen (secondary N) is 1. The van der Waals surface area contributed by atoms with Crippen LogP contribution in [0.25, 0.3) is 0 Å². The first-order chi connectivity index (χ1) is 8.31. The van der Waals surface area contributed by atoms with Gasteiger partial charge in [-0.1, -0.05) is 13.8 Å². The number of rotatable bonds is 4. The van der Waals surface area contributed by atoms with Crippen molar-refractivity contribution in [3.8, 4) is 11.5 Å². The highest BCUT2D eigenvalue weighted by molar-refractivity contribution is 5.98. The Bertz CT molecular complexity index is 451. The van der Waals surface area contributed by atoms with E-state index >= 15 is 0 Å². The van der Waals surface area contributed by atoms with Crippen molar-refractivity contribution in [3.63, 3.8) is 0 Å². The molecule has 1 rings (SSSR count). The molecule has 0 aromatic heterocycles. The summed E-state index contributed by atoms with van der Waals surface area (Å²) in [7, 11) is 0. The Labute approximate surface area is 104 Å². The second-order valence-corrected chi connectivity index (χ2v) is 4.34. The molecule has 1 atom stereocenters. The predicted molar refractivity (Wildman–Crippen MR) is 65.1 cm³/mol. The standard InChI is InChI=1S/C12H16N2O4/c1-6(2)10(11(13)17)14-12(18)7-3-8(15)5-9(16)4-7/h3-6,10,15-16H,1-2H3,(H2,13,17)(H,14,18). The van der Waals surface area contributed by atoms with E-state index in [1.54, 1.807) is 13.8 Å². The summed E-state index contributed by atoms with van der Waals surface area (Å²) in [6, 6.07) is 2.67. The molecule has 0 heterocycles. The zero-order chi connectivity index (χ0) is 13.9. The van der Waals surface area contributed by atoms with E-state index in [1.165, 1.54) is 12.1 Å². The molecule has 2 amide bonds. The second kappa shape index (κ2) is 5.39. The maximum atomic E-state index is 11.8. The lowest BCUT2D eigenvalue weighted by molar-refractivity contribution is -0.120. The predicted octanol–water partition coefficient (Wildman–Crippen LogP) is 0.337. The van der Waals surface area contributed by atoms with Crippen LogP contribution < -0.4 is 11.1 Å². The lowest BCUT2D eigenvalue weighted by Gasteiger charge is -2.18. The number of phenolic OH excluding ortho intramolecular Hbond substituents is 2. The lowest BCUT2D eigenvalue weighted by atomic mass is 10.0. The summed E-state index contributed by atoms with van der Waals surface area (Å²) in [6.07, 6.45) is 0. The van der Waals surface area contributed by atoms with Gasteiger partial charge in [-0.25, -0.2) is 0 Å². The third kappa shape index (κ3) is 3.38. The van der Waals surface area contributed by atoms with Gasteiger partial charge >= 0.3 is 0 Å². The van der Waals surface area contributed by atoms with E-state index in [9.17, 15) is 19.8 Å². The van der Waals surface area contributed by atoms with Crippen LogP contribution in [0.1, 0.15) is 24.2 Å². The van der Waals surface area contributed by atoms with Gasteiger partial charge in [0.15, 0.2) is 0 Å². The molecular formula is C12H16N2O4.